The van der Waals surface area contributed by atoms with Crippen molar-refractivity contribution in [3.8, 4) is 0 Å². The maximum Gasteiger partial charge on any atom is 0.193 e. The third-order valence-corrected chi connectivity index (χ3v) is 6.24. The molecule has 1 aromatic carbocycles. The van der Waals surface area contributed by atoms with E-state index >= 15 is 0 Å². The first-order valence-electron chi connectivity index (χ1n) is 10.3. The number of hydrogen-bond acceptors (Lipinski definition) is 2. The SMILES string of the molecule is CN=C(NC1CC1c1c(F)cccc1F)N1CCC(CN2CCCCC2)C1.I. The van der Waals surface area contributed by atoms with Crippen LogP contribution in [0.25, 0.3) is 0 Å². The van der Waals surface area contributed by atoms with E-state index in [0.29, 0.717) is 5.92 Å². The summed E-state index contributed by atoms with van der Waals surface area (Å²) >= 11 is 0. The third-order valence-electron chi connectivity index (χ3n) is 6.24. The largest absolute Gasteiger partial charge is 0.353 e. The number of hydrogen-bond donors (Lipinski definition) is 1. The highest BCUT2D eigenvalue weighted by Gasteiger charge is 2.43. The zero-order chi connectivity index (χ0) is 18.8. The molecule has 3 unspecified atom stereocenters. The van der Waals surface area contributed by atoms with E-state index in [2.05, 4.69) is 20.1 Å². The average Bonchev–Trinajstić information content (AvgIpc) is 3.26. The van der Waals surface area contributed by atoms with Gasteiger partial charge in [-0.25, -0.2) is 8.78 Å². The van der Waals surface area contributed by atoms with Crippen LogP contribution in [0.2, 0.25) is 0 Å². The number of rotatable bonds is 4. The predicted octanol–water partition coefficient (Wildman–Crippen LogP) is 3.82. The fraction of sp³-hybridized carbons (Fsp3) is 0.667. The van der Waals surface area contributed by atoms with E-state index < -0.39 is 11.6 Å². The van der Waals surface area contributed by atoms with Gasteiger partial charge in [0.2, 0.25) is 0 Å². The molecule has 1 aromatic rings. The van der Waals surface area contributed by atoms with Crippen molar-refractivity contribution in [1.82, 2.24) is 15.1 Å². The minimum absolute atomic E-state index is 0. The van der Waals surface area contributed by atoms with Crippen molar-refractivity contribution in [2.45, 2.75) is 44.1 Å². The maximum atomic E-state index is 14.0. The lowest BCUT2D eigenvalue weighted by Crippen LogP contribution is -2.42. The van der Waals surface area contributed by atoms with Gasteiger partial charge >= 0.3 is 0 Å². The van der Waals surface area contributed by atoms with Gasteiger partial charge in [0.1, 0.15) is 11.6 Å². The summed E-state index contributed by atoms with van der Waals surface area (Å²) in [6.45, 7) is 5.67. The molecular formula is C21H31F2IN4. The van der Waals surface area contributed by atoms with Crippen molar-refractivity contribution in [3.05, 3.63) is 35.4 Å². The van der Waals surface area contributed by atoms with Gasteiger partial charge in [0, 0.05) is 44.2 Å². The summed E-state index contributed by atoms with van der Waals surface area (Å²) in [5.41, 5.74) is 0.217. The molecule has 156 valence electrons. The molecule has 28 heavy (non-hydrogen) atoms. The quantitative estimate of drug-likeness (QED) is 0.385. The highest BCUT2D eigenvalue weighted by atomic mass is 127. The minimum atomic E-state index is -0.443. The summed E-state index contributed by atoms with van der Waals surface area (Å²) in [5.74, 6) is 0.569. The summed E-state index contributed by atoms with van der Waals surface area (Å²) < 4.78 is 28.0. The molecule has 3 aliphatic rings. The normalized spacial score (nSPS) is 28.2. The Morgan fingerprint density at radius 3 is 2.54 bits per heavy atom. The van der Waals surface area contributed by atoms with Crippen LogP contribution in [0.5, 0.6) is 0 Å². The molecule has 4 nitrogen and oxygen atoms in total. The molecule has 1 saturated carbocycles. The Hall–Kier alpha value is -0.960. The fourth-order valence-electron chi connectivity index (χ4n) is 4.68. The number of likely N-dealkylation sites (tertiary alicyclic amines) is 2. The smallest absolute Gasteiger partial charge is 0.193 e. The number of halogens is 3. The summed E-state index contributed by atoms with van der Waals surface area (Å²) in [4.78, 5) is 9.34. The topological polar surface area (TPSA) is 30.9 Å². The molecule has 3 fully saturated rings. The Labute approximate surface area is 183 Å². The number of nitrogens with zero attached hydrogens (tertiary/aromatic N) is 3. The lowest BCUT2D eigenvalue weighted by molar-refractivity contribution is 0.198. The van der Waals surface area contributed by atoms with Crippen molar-refractivity contribution in [2.24, 2.45) is 10.9 Å². The molecule has 0 radical (unpaired) electrons. The molecule has 1 aliphatic carbocycles. The summed E-state index contributed by atoms with van der Waals surface area (Å²) in [5, 5.41) is 3.44. The van der Waals surface area contributed by atoms with Crippen molar-refractivity contribution in [1.29, 1.82) is 0 Å². The lowest BCUT2D eigenvalue weighted by atomic mass is 10.1. The molecule has 0 spiro atoms. The molecule has 2 heterocycles. The van der Waals surface area contributed by atoms with Crippen LogP contribution in [0.15, 0.2) is 23.2 Å². The first-order valence-corrected chi connectivity index (χ1v) is 10.3. The van der Waals surface area contributed by atoms with Gasteiger partial charge in [0.15, 0.2) is 5.96 Å². The maximum absolute atomic E-state index is 14.0. The van der Waals surface area contributed by atoms with Gasteiger partial charge in [-0.15, -0.1) is 24.0 Å². The van der Waals surface area contributed by atoms with E-state index in [0.717, 1.165) is 25.5 Å². The van der Waals surface area contributed by atoms with Gasteiger partial charge in [-0.3, -0.25) is 4.99 Å². The van der Waals surface area contributed by atoms with Gasteiger partial charge in [0.05, 0.1) is 0 Å². The first kappa shape index (κ1) is 21.7. The standard InChI is InChI=1S/C21H30F2N4.HI/c1-24-21(25-19-12-16(19)20-17(22)6-5-7-18(20)23)27-11-8-15(14-27)13-26-9-3-2-4-10-26;/h5-7,15-16,19H,2-4,8-14H2,1H3,(H,24,25);1H. The minimum Gasteiger partial charge on any atom is -0.353 e. The molecule has 2 aliphatic heterocycles. The van der Waals surface area contributed by atoms with Crippen LogP contribution in [-0.2, 0) is 0 Å². The number of benzene rings is 1. The van der Waals surface area contributed by atoms with Crippen LogP contribution < -0.4 is 5.32 Å². The zero-order valence-electron chi connectivity index (χ0n) is 16.5. The first-order chi connectivity index (χ1) is 13.2. The highest BCUT2D eigenvalue weighted by Crippen LogP contribution is 2.43. The second-order valence-corrected chi connectivity index (χ2v) is 8.24. The van der Waals surface area contributed by atoms with Gasteiger partial charge < -0.3 is 15.1 Å². The molecular weight excluding hydrogens is 473 g/mol. The molecule has 4 rings (SSSR count). The Morgan fingerprint density at radius 1 is 1.14 bits per heavy atom. The van der Waals surface area contributed by atoms with Gasteiger partial charge in [-0.2, -0.15) is 0 Å². The molecule has 0 amide bonds. The zero-order valence-corrected chi connectivity index (χ0v) is 18.9. The van der Waals surface area contributed by atoms with E-state index in [-0.39, 0.29) is 41.5 Å². The van der Waals surface area contributed by atoms with Crippen molar-refractivity contribution in [3.63, 3.8) is 0 Å². The molecule has 3 atom stereocenters. The van der Waals surface area contributed by atoms with Crippen molar-refractivity contribution >= 4 is 29.9 Å². The van der Waals surface area contributed by atoms with Gasteiger partial charge in [-0.1, -0.05) is 12.5 Å². The molecule has 7 heteroatoms. The summed E-state index contributed by atoms with van der Waals surface area (Å²) in [7, 11) is 1.79. The number of guanidine groups is 1. The average molecular weight is 504 g/mol. The second-order valence-electron chi connectivity index (χ2n) is 8.24. The summed E-state index contributed by atoms with van der Waals surface area (Å²) in [6, 6.07) is 4.17. The number of piperidine rings is 1. The fourth-order valence-corrected chi connectivity index (χ4v) is 4.68. The molecule has 2 saturated heterocycles. The van der Waals surface area contributed by atoms with Crippen molar-refractivity contribution < 1.29 is 8.78 Å². The van der Waals surface area contributed by atoms with E-state index in [4.69, 9.17) is 0 Å². The van der Waals surface area contributed by atoms with E-state index in [1.54, 1.807) is 7.05 Å². The number of nitrogens with one attached hydrogen (secondary N) is 1. The monoisotopic (exact) mass is 504 g/mol. The van der Waals surface area contributed by atoms with Gasteiger partial charge in [0.25, 0.3) is 0 Å². The molecule has 0 aromatic heterocycles. The van der Waals surface area contributed by atoms with E-state index in [1.807, 2.05) is 0 Å². The van der Waals surface area contributed by atoms with Crippen LogP contribution in [0.4, 0.5) is 8.78 Å². The van der Waals surface area contributed by atoms with E-state index in [1.165, 1.54) is 63.5 Å². The molecule has 1 N–H and O–H groups in total. The van der Waals surface area contributed by atoms with Crippen LogP contribution in [0, 0.1) is 17.6 Å². The Kier molecular flexibility index (Phi) is 7.53. The summed E-state index contributed by atoms with van der Waals surface area (Å²) in [6.07, 6.45) is 5.97. The highest BCUT2D eigenvalue weighted by molar-refractivity contribution is 14.0. The van der Waals surface area contributed by atoms with Crippen LogP contribution in [0.3, 0.4) is 0 Å². The van der Waals surface area contributed by atoms with Crippen LogP contribution >= 0.6 is 24.0 Å². The molecule has 0 bridgehead atoms. The number of aliphatic imine (C=N–C) groups is 1. The third kappa shape index (κ3) is 4.96. The van der Waals surface area contributed by atoms with Gasteiger partial charge in [-0.05, 0) is 56.8 Å². The second kappa shape index (κ2) is 9.69. The van der Waals surface area contributed by atoms with Crippen LogP contribution in [0.1, 0.15) is 43.6 Å². The van der Waals surface area contributed by atoms with Crippen LogP contribution in [-0.4, -0.2) is 61.6 Å². The van der Waals surface area contributed by atoms with Crippen molar-refractivity contribution in [2.75, 3.05) is 39.8 Å². The Bertz CT molecular complexity index is 673. The van der Waals surface area contributed by atoms with E-state index in [9.17, 15) is 8.78 Å². The predicted molar refractivity (Wildman–Crippen MR) is 119 cm³/mol. The lowest BCUT2D eigenvalue weighted by Gasteiger charge is -2.29. The Morgan fingerprint density at radius 2 is 1.86 bits per heavy atom. The Balaban J connectivity index is 0.00000225.